The fraction of sp³-hybridized carbons (Fsp3) is 0.720. The van der Waals surface area contributed by atoms with Crippen molar-refractivity contribution in [2.24, 2.45) is 17.3 Å². The second-order valence-electron chi connectivity index (χ2n) is 9.28. The van der Waals surface area contributed by atoms with Crippen LogP contribution >= 0.6 is 0 Å². The van der Waals surface area contributed by atoms with Crippen molar-refractivity contribution in [2.75, 3.05) is 0 Å². The van der Waals surface area contributed by atoms with E-state index in [1.165, 1.54) is 17.6 Å². The van der Waals surface area contributed by atoms with Crippen LogP contribution in [0.4, 0.5) is 0 Å². The Morgan fingerprint density at radius 3 is 2.75 bits per heavy atom. The van der Waals surface area contributed by atoms with E-state index in [0.29, 0.717) is 18.3 Å². The van der Waals surface area contributed by atoms with E-state index in [2.05, 4.69) is 40.7 Å². The molecule has 1 saturated carbocycles. The maximum Gasteiger partial charge on any atom is 0.306 e. The predicted octanol–water partition coefficient (Wildman–Crippen LogP) is 7.11. The molecular weight excluding hydrogens is 348 g/mol. The Balaban J connectivity index is 2.12. The van der Waals surface area contributed by atoms with Crippen LogP contribution in [0.1, 0.15) is 92.1 Å². The number of hydrogen-bond donors (Lipinski definition) is 0. The molecule has 0 bridgehead atoms. The maximum atomic E-state index is 12.4. The number of carbonyl (C=O) groups is 1. The summed E-state index contributed by atoms with van der Waals surface area (Å²) in [5.41, 5.74) is 4.46. The third-order valence-electron chi connectivity index (χ3n) is 7.03. The van der Waals surface area contributed by atoms with Crippen LogP contribution in [0.15, 0.2) is 34.2 Å². The van der Waals surface area contributed by atoms with Crippen LogP contribution in [0.5, 0.6) is 0 Å². The van der Waals surface area contributed by atoms with Crippen LogP contribution in [0.3, 0.4) is 0 Å². The first-order valence-corrected chi connectivity index (χ1v) is 11.1. The molecular formula is C25H40O3. The molecule has 4 unspecified atom stereocenters. The lowest BCUT2D eigenvalue weighted by atomic mass is 9.56. The van der Waals surface area contributed by atoms with E-state index >= 15 is 0 Å². The van der Waals surface area contributed by atoms with Crippen LogP contribution < -0.4 is 0 Å². The Bertz CT molecular complexity index is 639. The normalized spacial score (nSPS) is 26.1. The molecule has 1 aromatic heterocycles. The van der Waals surface area contributed by atoms with Gasteiger partial charge in [0.2, 0.25) is 0 Å². The van der Waals surface area contributed by atoms with Gasteiger partial charge in [-0.3, -0.25) is 4.79 Å². The van der Waals surface area contributed by atoms with Crippen molar-refractivity contribution in [1.29, 1.82) is 0 Å². The lowest BCUT2D eigenvalue weighted by Crippen LogP contribution is -2.40. The Morgan fingerprint density at radius 2 is 2.14 bits per heavy atom. The van der Waals surface area contributed by atoms with E-state index in [-0.39, 0.29) is 17.5 Å². The molecule has 0 spiro atoms. The van der Waals surface area contributed by atoms with Gasteiger partial charge in [0.25, 0.3) is 0 Å². The van der Waals surface area contributed by atoms with Gasteiger partial charge in [-0.2, -0.15) is 0 Å². The number of rotatable bonds is 9. The SMILES string of the molecule is CCCC(C)OC(=O)CCC1C(=C(C)C)CCC(C)C1(C)CCc1ccoc1. The Morgan fingerprint density at radius 1 is 1.39 bits per heavy atom. The van der Waals surface area contributed by atoms with Crippen molar-refractivity contribution in [1.82, 2.24) is 0 Å². The summed E-state index contributed by atoms with van der Waals surface area (Å²) in [7, 11) is 0. The average Bonchev–Trinajstić information content (AvgIpc) is 3.15. The van der Waals surface area contributed by atoms with Crippen LogP contribution in [0.25, 0.3) is 0 Å². The molecule has 1 heterocycles. The molecule has 1 aromatic rings. The van der Waals surface area contributed by atoms with Crippen molar-refractivity contribution in [2.45, 2.75) is 99.0 Å². The smallest absolute Gasteiger partial charge is 0.306 e. The second kappa shape index (κ2) is 10.3. The highest BCUT2D eigenvalue weighted by molar-refractivity contribution is 5.69. The third kappa shape index (κ3) is 5.75. The van der Waals surface area contributed by atoms with Gasteiger partial charge in [-0.1, -0.05) is 38.3 Å². The molecule has 1 aliphatic carbocycles. The predicted molar refractivity (Wildman–Crippen MR) is 115 cm³/mol. The standard InChI is InChI=1S/C25H40O3/c1-7-8-20(5)28-24(26)12-11-23-22(18(2)3)10-9-19(4)25(23,6)15-13-21-14-16-27-17-21/h14,16-17,19-20,23H,7-13,15H2,1-6H3. The minimum absolute atomic E-state index is 0.0261. The first kappa shape index (κ1) is 22.8. The molecule has 1 fully saturated rings. The van der Waals surface area contributed by atoms with Crippen molar-refractivity contribution in [3.05, 3.63) is 35.3 Å². The highest BCUT2D eigenvalue weighted by Crippen LogP contribution is 2.53. The van der Waals surface area contributed by atoms with E-state index in [1.807, 2.05) is 13.2 Å². The molecule has 0 aromatic carbocycles. The number of ether oxygens (including phenoxy) is 1. The summed E-state index contributed by atoms with van der Waals surface area (Å²) in [6.45, 7) is 13.4. The Kier molecular flexibility index (Phi) is 8.39. The zero-order chi connectivity index (χ0) is 20.7. The number of hydrogen-bond acceptors (Lipinski definition) is 3. The van der Waals surface area contributed by atoms with Gasteiger partial charge >= 0.3 is 5.97 Å². The van der Waals surface area contributed by atoms with Crippen LogP contribution in [-0.2, 0) is 16.0 Å². The molecule has 4 atom stereocenters. The minimum Gasteiger partial charge on any atom is -0.472 e. The van der Waals surface area contributed by atoms with Crippen molar-refractivity contribution in [3.8, 4) is 0 Å². The molecule has 0 N–H and O–H groups in total. The summed E-state index contributed by atoms with van der Waals surface area (Å²) in [6, 6.07) is 2.07. The summed E-state index contributed by atoms with van der Waals surface area (Å²) >= 11 is 0. The highest BCUT2D eigenvalue weighted by Gasteiger charge is 2.43. The number of allylic oxidation sites excluding steroid dienone is 2. The number of furan rings is 1. The summed E-state index contributed by atoms with van der Waals surface area (Å²) < 4.78 is 10.9. The quantitative estimate of drug-likeness (QED) is 0.334. The Labute approximate surface area is 171 Å². The molecule has 0 radical (unpaired) electrons. The average molecular weight is 389 g/mol. The van der Waals surface area contributed by atoms with Crippen molar-refractivity contribution < 1.29 is 13.9 Å². The van der Waals surface area contributed by atoms with Crippen LogP contribution in [0, 0.1) is 17.3 Å². The van der Waals surface area contributed by atoms with E-state index in [1.54, 1.807) is 11.8 Å². The molecule has 2 rings (SSSR count). The fourth-order valence-corrected chi connectivity index (χ4v) is 5.00. The largest absolute Gasteiger partial charge is 0.472 e. The van der Waals surface area contributed by atoms with Gasteiger partial charge in [0.15, 0.2) is 0 Å². The van der Waals surface area contributed by atoms with Gasteiger partial charge in [0.1, 0.15) is 0 Å². The summed E-state index contributed by atoms with van der Waals surface area (Å²) in [6.07, 6.45) is 11.6. The molecule has 3 nitrogen and oxygen atoms in total. The summed E-state index contributed by atoms with van der Waals surface area (Å²) in [5, 5.41) is 0. The molecule has 28 heavy (non-hydrogen) atoms. The number of esters is 1. The second-order valence-corrected chi connectivity index (χ2v) is 9.28. The van der Waals surface area contributed by atoms with E-state index in [0.717, 1.165) is 38.5 Å². The number of aryl methyl sites for hydroxylation is 1. The van der Waals surface area contributed by atoms with Gasteiger partial charge in [0.05, 0.1) is 18.6 Å². The molecule has 158 valence electrons. The lowest BCUT2D eigenvalue weighted by Gasteiger charge is -2.49. The first-order chi connectivity index (χ1) is 13.3. The molecule has 0 aliphatic heterocycles. The third-order valence-corrected chi connectivity index (χ3v) is 7.03. The van der Waals surface area contributed by atoms with Gasteiger partial charge < -0.3 is 9.15 Å². The van der Waals surface area contributed by atoms with Crippen LogP contribution in [0.2, 0.25) is 0 Å². The van der Waals surface area contributed by atoms with Gasteiger partial charge in [-0.15, -0.1) is 0 Å². The minimum atomic E-state index is -0.0375. The molecule has 3 heteroatoms. The first-order valence-electron chi connectivity index (χ1n) is 11.1. The monoisotopic (exact) mass is 388 g/mol. The van der Waals surface area contributed by atoms with Crippen LogP contribution in [-0.4, -0.2) is 12.1 Å². The van der Waals surface area contributed by atoms with E-state index in [9.17, 15) is 4.79 Å². The lowest BCUT2D eigenvalue weighted by molar-refractivity contribution is -0.149. The molecule has 0 amide bonds. The van der Waals surface area contributed by atoms with Gasteiger partial charge in [0, 0.05) is 6.42 Å². The van der Waals surface area contributed by atoms with Crippen molar-refractivity contribution >= 4 is 5.97 Å². The number of carbonyl (C=O) groups excluding carboxylic acids is 1. The summed E-state index contributed by atoms with van der Waals surface area (Å²) in [4.78, 5) is 12.4. The van der Waals surface area contributed by atoms with Gasteiger partial charge in [-0.25, -0.2) is 0 Å². The zero-order valence-corrected chi connectivity index (χ0v) is 18.8. The molecule has 1 aliphatic rings. The fourth-order valence-electron chi connectivity index (χ4n) is 5.00. The summed E-state index contributed by atoms with van der Waals surface area (Å²) in [5.74, 6) is 1.05. The van der Waals surface area contributed by atoms with E-state index in [4.69, 9.17) is 9.15 Å². The Hall–Kier alpha value is -1.51. The zero-order valence-electron chi connectivity index (χ0n) is 18.8. The van der Waals surface area contributed by atoms with Crippen molar-refractivity contribution in [3.63, 3.8) is 0 Å². The topological polar surface area (TPSA) is 39.4 Å². The molecule has 0 saturated heterocycles. The van der Waals surface area contributed by atoms with Gasteiger partial charge in [-0.05, 0) is 88.2 Å². The van der Waals surface area contributed by atoms with E-state index < -0.39 is 0 Å². The maximum absolute atomic E-state index is 12.4. The highest BCUT2D eigenvalue weighted by atomic mass is 16.5.